The van der Waals surface area contributed by atoms with Gasteiger partial charge in [-0.3, -0.25) is 0 Å². The van der Waals surface area contributed by atoms with Crippen LogP contribution in [-0.4, -0.2) is 59.3 Å². The van der Waals surface area contributed by atoms with E-state index in [1.807, 2.05) is 0 Å². The first-order valence-corrected chi connectivity index (χ1v) is 9.84. The number of nitrogens with one attached hydrogen (secondary N) is 1. The Balaban J connectivity index is 1.42. The highest BCUT2D eigenvalue weighted by molar-refractivity contribution is 7.90. The summed E-state index contributed by atoms with van der Waals surface area (Å²) in [5.41, 5.74) is -0.433. The Hall–Kier alpha value is -1.32. The van der Waals surface area contributed by atoms with Gasteiger partial charge in [-0.1, -0.05) is 0 Å². The van der Waals surface area contributed by atoms with E-state index in [4.69, 9.17) is 4.74 Å². The summed E-state index contributed by atoms with van der Waals surface area (Å²) in [5.74, 6) is -0.117. The summed E-state index contributed by atoms with van der Waals surface area (Å²) < 4.78 is 45.5. The van der Waals surface area contributed by atoms with Gasteiger partial charge in [-0.05, 0) is 25.7 Å². The quantitative estimate of drug-likeness (QED) is 0.871. The second kappa shape index (κ2) is 5.89. The molecule has 0 aromatic carbocycles. The molecule has 0 unspecified atom stereocenters. The summed E-state index contributed by atoms with van der Waals surface area (Å²) in [5, 5.41) is 2.96. The number of hydrogen-bond acceptors (Lipinski definition) is 6. The smallest absolute Gasteiger partial charge is 0.223 e. The van der Waals surface area contributed by atoms with Crippen LogP contribution in [0, 0.1) is 5.82 Å². The monoisotopic (exact) mass is 356 g/mol. The van der Waals surface area contributed by atoms with Crippen molar-refractivity contribution in [3.8, 4) is 0 Å². The first-order chi connectivity index (χ1) is 11.5. The van der Waals surface area contributed by atoms with Gasteiger partial charge in [-0.25, -0.2) is 22.8 Å². The van der Waals surface area contributed by atoms with Crippen molar-refractivity contribution in [2.45, 2.75) is 49.0 Å². The highest BCUT2D eigenvalue weighted by Gasteiger charge is 2.49. The van der Waals surface area contributed by atoms with E-state index >= 15 is 0 Å². The van der Waals surface area contributed by atoms with E-state index < -0.39 is 21.4 Å². The lowest BCUT2D eigenvalue weighted by atomic mass is 9.90. The van der Waals surface area contributed by atoms with E-state index in [2.05, 4.69) is 15.3 Å². The first kappa shape index (κ1) is 16.2. The second-order valence-electron chi connectivity index (χ2n) is 6.95. The highest BCUT2D eigenvalue weighted by atomic mass is 32.2. The SMILES string of the molecule is O=S(=O)(C1CC1)N1CCC[C@@]2(C[C@H](Nc3ncc(F)cn3)CO2)C1. The van der Waals surface area contributed by atoms with Crippen molar-refractivity contribution >= 4 is 16.0 Å². The van der Waals surface area contributed by atoms with Crippen LogP contribution in [-0.2, 0) is 14.8 Å². The third-order valence-electron chi connectivity index (χ3n) is 4.97. The van der Waals surface area contributed by atoms with Crippen molar-refractivity contribution in [2.75, 3.05) is 25.0 Å². The predicted molar refractivity (Wildman–Crippen MR) is 85.4 cm³/mol. The molecule has 2 atom stereocenters. The van der Waals surface area contributed by atoms with Gasteiger partial charge < -0.3 is 10.1 Å². The number of piperidine rings is 1. The molecule has 0 bridgehead atoms. The molecule has 1 aliphatic carbocycles. The van der Waals surface area contributed by atoms with Gasteiger partial charge in [-0.15, -0.1) is 0 Å². The minimum atomic E-state index is -3.17. The Kier molecular flexibility index (Phi) is 3.97. The van der Waals surface area contributed by atoms with Gasteiger partial charge in [-0.2, -0.15) is 4.31 Å². The first-order valence-electron chi connectivity index (χ1n) is 8.34. The van der Waals surface area contributed by atoms with Crippen LogP contribution in [0.1, 0.15) is 32.1 Å². The minimum Gasteiger partial charge on any atom is -0.371 e. The number of rotatable bonds is 4. The fourth-order valence-corrected chi connectivity index (χ4v) is 5.59. The number of anilines is 1. The third kappa shape index (κ3) is 3.12. The Morgan fingerprint density at radius 2 is 2.08 bits per heavy atom. The highest BCUT2D eigenvalue weighted by Crippen LogP contribution is 2.39. The zero-order valence-electron chi connectivity index (χ0n) is 13.3. The maximum atomic E-state index is 12.9. The van der Waals surface area contributed by atoms with Crippen LogP contribution >= 0.6 is 0 Å². The fourth-order valence-electron chi connectivity index (χ4n) is 3.64. The summed E-state index contributed by atoms with van der Waals surface area (Å²) in [7, 11) is -3.17. The van der Waals surface area contributed by atoms with E-state index in [1.54, 1.807) is 4.31 Å². The number of halogens is 1. The van der Waals surface area contributed by atoms with Crippen LogP contribution in [0.2, 0.25) is 0 Å². The van der Waals surface area contributed by atoms with Gasteiger partial charge >= 0.3 is 0 Å². The number of nitrogens with zero attached hydrogens (tertiary/aromatic N) is 3. The van der Waals surface area contributed by atoms with E-state index in [9.17, 15) is 12.8 Å². The number of ether oxygens (including phenoxy) is 1. The van der Waals surface area contributed by atoms with Gasteiger partial charge in [0.25, 0.3) is 0 Å². The maximum absolute atomic E-state index is 12.9. The molecule has 132 valence electrons. The summed E-state index contributed by atoms with van der Waals surface area (Å²) in [6, 6.07) is -0.000889. The second-order valence-corrected chi connectivity index (χ2v) is 9.16. The van der Waals surface area contributed by atoms with Crippen molar-refractivity contribution < 1.29 is 17.5 Å². The molecule has 0 radical (unpaired) electrons. The third-order valence-corrected chi connectivity index (χ3v) is 7.32. The van der Waals surface area contributed by atoms with Crippen molar-refractivity contribution in [1.29, 1.82) is 0 Å². The predicted octanol–water partition coefficient (Wildman–Crippen LogP) is 1.14. The number of sulfonamides is 1. The molecule has 4 rings (SSSR count). The van der Waals surface area contributed by atoms with Gasteiger partial charge in [0.2, 0.25) is 16.0 Å². The van der Waals surface area contributed by atoms with Crippen LogP contribution in [0.5, 0.6) is 0 Å². The molecule has 3 aliphatic rings. The molecule has 1 aromatic heterocycles. The van der Waals surface area contributed by atoms with Crippen molar-refractivity contribution in [2.24, 2.45) is 0 Å². The van der Waals surface area contributed by atoms with Gasteiger partial charge in [0, 0.05) is 19.5 Å². The summed E-state index contributed by atoms with van der Waals surface area (Å²) >= 11 is 0. The zero-order chi connectivity index (χ0) is 16.8. The Bertz CT molecular complexity index is 710. The Morgan fingerprint density at radius 1 is 1.33 bits per heavy atom. The molecule has 1 N–H and O–H groups in total. The normalized spacial score (nSPS) is 31.5. The van der Waals surface area contributed by atoms with Crippen LogP contribution < -0.4 is 5.32 Å². The largest absolute Gasteiger partial charge is 0.371 e. The average Bonchev–Trinajstić information content (AvgIpc) is 3.36. The molecule has 1 spiro atoms. The molecule has 2 saturated heterocycles. The number of hydrogen-bond donors (Lipinski definition) is 1. The van der Waals surface area contributed by atoms with Crippen molar-refractivity contribution in [3.05, 3.63) is 18.2 Å². The molecular formula is C15H21FN4O3S. The van der Waals surface area contributed by atoms with E-state index in [1.165, 1.54) is 0 Å². The summed E-state index contributed by atoms with van der Waals surface area (Å²) in [6.45, 7) is 1.48. The van der Waals surface area contributed by atoms with E-state index in [-0.39, 0.29) is 11.3 Å². The molecule has 9 heteroatoms. The minimum absolute atomic E-state index is 0.000889. The molecule has 2 aliphatic heterocycles. The van der Waals surface area contributed by atoms with Crippen molar-refractivity contribution in [1.82, 2.24) is 14.3 Å². The van der Waals surface area contributed by atoms with Crippen LogP contribution in [0.4, 0.5) is 10.3 Å². The van der Waals surface area contributed by atoms with Gasteiger partial charge in [0.15, 0.2) is 5.82 Å². The topological polar surface area (TPSA) is 84.4 Å². The molecular weight excluding hydrogens is 335 g/mol. The van der Waals surface area contributed by atoms with Crippen LogP contribution in [0.25, 0.3) is 0 Å². The molecule has 0 amide bonds. The lowest BCUT2D eigenvalue weighted by molar-refractivity contribution is -0.0329. The average molecular weight is 356 g/mol. The molecule has 24 heavy (non-hydrogen) atoms. The standard InChI is InChI=1S/C15H21FN4O3S/c16-11-7-17-14(18-8-11)19-12-6-15(23-9-12)4-1-5-20(10-15)24(21,22)13-2-3-13/h7-8,12-13H,1-6,9-10H2,(H,17,18,19)/t12-,15+/m0/s1. The molecule has 7 nitrogen and oxygen atoms in total. The van der Waals surface area contributed by atoms with Gasteiger partial charge in [0.1, 0.15) is 0 Å². The fraction of sp³-hybridized carbons (Fsp3) is 0.733. The van der Waals surface area contributed by atoms with E-state index in [0.717, 1.165) is 38.1 Å². The van der Waals surface area contributed by atoms with Crippen LogP contribution in [0.15, 0.2) is 12.4 Å². The number of aromatic nitrogens is 2. The zero-order valence-corrected chi connectivity index (χ0v) is 14.1. The molecule has 1 aromatic rings. The molecule has 3 fully saturated rings. The Morgan fingerprint density at radius 3 is 2.79 bits per heavy atom. The summed E-state index contributed by atoms with van der Waals surface area (Å²) in [6.07, 6.45) is 6.15. The van der Waals surface area contributed by atoms with Crippen molar-refractivity contribution in [3.63, 3.8) is 0 Å². The molecule has 1 saturated carbocycles. The maximum Gasteiger partial charge on any atom is 0.223 e. The Labute approximate surface area is 140 Å². The summed E-state index contributed by atoms with van der Waals surface area (Å²) in [4.78, 5) is 7.80. The van der Waals surface area contributed by atoms with Gasteiger partial charge in [0.05, 0.1) is 35.9 Å². The molecule has 3 heterocycles. The van der Waals surface area contributed by atoms with Crippen LogP contribution in [0.3, 0.4) is 0 Å². The van der Waals surface area contributed by atoms with E-state index in [0.29, 0.717) is 32.1 Å². The lowest BCUT2D eigenvalue weighted by Gasteiger charge is -2.39. The lowest BCUT2D eigenvalue weighted by Crippen LogP contribution is -2.51.